The van der Waals surface area contributed by atoms with Crippen LogP contribution in [0.5, 0.6) is 0 Å². The highest BCUT2D eigenvalue weighted by Crippen LogP contribution is 2.37. The lowest BCUT2D eigenvalue weighted by molar-refractivity contribution is -0.165. The zero-order chi connectivity index (χ0) is 28.6. The highest BCUT2D eigenvalue weighted by atomic mass is 19.3. The van der Waals surface area contributed by atoms with E-state index in [9.17, 15) is 14.4 Å². The van der Waals surface area contributed by atoms with Gasteiger partial charge >= 0.3 is 11.9 Å². The molecule has 39 heavy (non-hydrogen) atoms. The lowest BCUT2D eigenvalue weighted by Crippen LogP contribution is -2.49. The number of hydrogen-bond donors (Lipinski definition) is 2. The molecule has 0 fully saturated rings. The second-order valence-electron chi connectivity index (χ2n) is 9.92. The van der Waals surface area contributed by atoms with Gasteiger partial charge in [-0.05, 0) is 22.6 Å². The molecule has 0 aromatic heterocycles. The molecule has 3 unspecified atom stereocenters. The van der Waals surface area contributed by atoms with Crippen molar-refractivity contribution in [2.45, 2.75) is 50.8 Å². The van der Waals surface area contributed by atoms with Crippen molar-refractivity contribution in [1.82, 2.24) is 0 Å². The number of nitrogens with two attached hydrogens (primary N) is 2. The van der Waals surface area contributed by atoms with E-state index in [2.05, 4.69) is 0 Å². The number of ether oxygens (including phenoxy) is 1. The fraction of sp³-hybridized carbons (Fsp3) is 0.323. The maximum atomic E-state index is 15.6. The summed E-state index contributed by atoms with van der Waals surface area (Å²) in [5.74, 6) is -11.8. The van der Waals surface area contributed by atoms with Crippen molar-refractivity contribution >= 4 is 17.5 Å². The molecule has 0 saturated carbocycles. The molecule has 0 saturated heterocycles. The minimum Gasteiger partial charge on any atom is -0.460 e. The molecule has 0 aliphatic heterocycles. The van der Waals surface area contributed by atoms with Gasteiger partial charge < -0.3 is 16.2 Å². The average Bonchev–Trinajstić information content (AvgIpc) is 2.94. The molecule has 0 bridgehead atoms. The van der Waals surface area contributed by atoms with E-state index < -0.39 is 53.8 Å². The van der Waals surface area contributed by atoms with Crippen LogP contribution in [0, 0.1) is 11.8 Å². The molecule has 0 aliphatic carbocycles. The molecule has 4 N–H and O–H groups in total. The van der Waals surface area contributed by atoms with Crippen molar-refractivity contribution in [3.63, 3.8) is 0 Å². The zero-order valence-electron chi connectivity index (χ0n) is 22.0. The summed E-state index contributed by atoms with van der Waals surface area (Å²) in [6.45, 7) is 3.13. The Morgan fingerprint density at radius 2 is 1.28 bits per heavy atom. The van der Waals surface area contributed by atoms with Gasteiger partial charge in [0.05, 0.1) is 12.0 Å². The lowest BCUT2D eigenvalue weighted by atomic mass is 9.75. The predicted octanol–water partition coefficient (Wildman–Crippen LogP) is 4.98. The van der Waals surface area contributed by atoms with Crippen LogP contribution in [-0.2, 0) is 25.7 Å². The minimum atomic E-state index is -4.04. The highest BCUT2D eigenvalue weighted by Gasteiger charge is 2.52. The van der Waals surface area contributed by atoms with Crippen molar-refractivity contribution in [2.24, 2.45) is 23.3 Å². The molecule has 206 valence electrons. The third kappa shape index (κ3) is 7.65. The van der Waals surface area contributed by atoms with E-state index in [1.165, 1.54) is 12.1 Å². The first kappa shape index (κ1) is 29.8. The van der Waals surface area contributed by atoms with Gasteiger partial charge in [0.15, 0.2) is 5.78 Å². The average molecular weight is 537 g/mol. The summed E-state index contributed by atoms with van der Waals surface area (Å²) in [4.78, 5) is 40.7. The van der Waals surface area contributed by atoms with E-state index in [1.807, 2.05) is 0 Å². The van der Waals surface area contributed by atoms with Crippen molar-refractivity contribution < 1.29 is 27.9 Å². The Hall–Kier alpha value is -3.75. The van der Waals surface area contributed by atoms with Gasteiger partial charge in [0.1, 0.15) is 12.5 Å². The molecule has 4 atom stereocenters. The van der Waals surface area contributed by atoms with Gasteiger partial charge in [-0.25, -0.2) is 0 Å². The Bertz CT molecular complexity index is 1240. The van der Waals surface area contributed by atoms with E-state index in [1.54, 1.807) is 92.7 Å². The molecule has 3 aromatic carbocycles. The van der Waals surface area contributed by atoms with Crippen LogP contribution >= 0.6 is 0 Å². The number of esters is 1. The van der Waals surface area contributed by atoms with Crippen LogP contribution in [0.1, 0.15) is 48.9 Å². The van der Waals surface area contributed by atoms with Gasteiger partial charge in [0.25, 0.3) is 0 Å². The lowest BCUT2D eigenvalue weighted by Gasteiger charge is -2.30. The summed E-state index contributed by atoms with van der Waals surface area (Å²) in [7, 11) is 0. The Labute approximate surface area is 227 Å². The molecule has 0 spiro atoms. The Morgan fingerprint density at radius 1 is 0.795 bits per heavy atom. The van der Waals surface area contributed by atoms with Crippen LogP contribution in [0.15, 0.2) is 91.0 Å². The number of hydrogen-bond acceptors (Lipinski definition) is 6. The molecule has 6 nitrogen and oxygen atoms in total. The molecular weight excluding hydrogens is 502 g/mol. The highest BCUT2D eigenvalue weighted by molar-refractivity contribution is 6.09. The van der Waals surface area contributed by atoms with Crippen LogP contribution < -0.4 is 11.5 Å². The quantitative estimate of drug-likeness (QED) is 0.235. The standard InChI is InChI=1S/C31H34F2N2O4/c1-20(2)27(35)28(36)25(23-16-10-5-11-17-23)26(30(38)39-19-21-12-6-3-7-13-21)29(37)31(32,33)18-24(34)22-14-8-4-9-15-22/h3-17,20,24-27H,18-19,34-35H2,1-2H3/t24?,25?,26?,27-/m0/s1. The second-order valence-corrected chi connectivity index (χ2v) is 9.92. The topological polar surface area (TPSA) is 112 Å². The van der Waals surface area contributed by atoms with E-state index in [-0.39, 0.29) is 18.1 Å². The van der Waals surface area contributed by atoms with Crippen molar-refractivity contribution in [1.29, 1.82) is 0 Å². The number of Topliss-reactive ketones (excluding diaryl/α,β-unsaturated/α-hetero) is 2. The van der Waals surface area contributed by atoms with Gasteiger partial charge in [-0.3, -0.25) is 14.4 Å². The Kier molecular flexibility index (Phi) is 10.2. The molecular formula is C31H34F2N2O4. The zero-order valence-corrected chi connectivity index (χ0v) is 22.0. The van der Waals surface area contributed by atoms with Gasteiger partial charge in [0.2, 0.25) is 5.78 Å². The van der Waals surface area contributed by atoms with E-state index >= 15 is 8.78 Å². The fourth-order valence-corrected chi connectivity index (χ4v) is 4.35. The smallest absolute Gasteiger partial charge is 0.318 e. The SMILES string of the molecule is CC(C)[C@H](N)C(=O)C(c1ccccc1)C(C(=O)OCc1ccccc1)C(=O)C(F)(F)CC(N)c1ccccc1. The Balaban J connectivity index is 2.03. The molecule has 0 radical (unpaired) electrons. The van der Waals surface area contributed by atoms with Crippen LogP contribution in [0.4, 0.5) is 8.78 Å². The van der Waals surface area contributed by atoms with Gasteiger partial charge in [-0.2, -0.15) is 8.78 Å². The number of rotatable bonds is 13. The van der Waals surface area contributed by atoms with Crippen molar-refractivity contribution in [3.8, 4) is 0 Å². The number of halogens is 2. The van der Waals surface area contributed by atoms with Crippen LogP contribution in [0.2, 0.25) is 0 Å². The van der Waals surface area contributed by atoms with Gasteiger partial charge in [-0.15, -0.1) is 0 Å². The van der Waals surface area contributed by atoms with Gasteiger partial charge in [0, 0.05) is 12.5 Å². The predicted molar refractivity (Wildman–Crippen MR) is 145 cm³/mol. The third-order valence-electron chi connectivity index (χ3n) is 6.67. The van der Waals surface area contributed by atoms with E-state index in [0.29, 0.717) is 11.1 Å². The first-order chi connectivity index (χ1) is 18.5. The monoisotopic (exact) mass is 536 g/mol. The second kappa shape index (κ2) is 13.4. The molecule has 0 aliphatic rings. The molecule has 0 amide bonds. The summed E-state index contributed by atoms with van der Waals surface area (Å²) in [6.07, 6.45) is -1.05. The van der Waals surface area contributed by atoms with Crippen LogP contribution in [0.25, 0.3) is 0 Å². The normalized spacial score (nSPS) is 14.7. The summed E-state index contributed by atoms with van der Waals surface area (Å²) >= 11 is 0. The summed E-state index contributed by atoms with van der Waals surface area (Å²) in [5, 5.41) is 0. The molecule has 8 heteroatoms. The summed E-state index contributed by atoms with van der Waals surface area (Å²) in [6, 6.07) is 22.3. The minimum absolute atomic E-state index is 0.219. The van der Waals surface area contributed by atoms with Crippen LogP contribution in [-0.4, -0.2) is 29.5 Å². The largest absolute Gasteiger partial charge is 0.460 e. The summed E-state index contributed by atoms with van der Waals surface area (Å²) < 4.78 is 36.7. The number of carbonyl (C=O) groups excluding carboxylic acids is 3. The molecule has 3 aromatic rings. The fourth-order valence-electron chi connectivity index (χ4n) is 4.35. The number of benzene rings is 3. The Morgan fingerprint density at radius 3 is 1.79 bits per heavy atom. The van der Waals surface area contributed by atoms with Crippen molar-refractivity contribution in [2.75, 3.05) is 0 Å². The number of ketones is 2. The maximum Gasteiger partial charge on any atom is 0.318 e. The van der Waals surface area contributed by atoms with Crippen LogP contribution in [0.3, 0.4) is 0 Å². The maximum absolute atomic E-state index is 15.6. The molecule has 3 rings (SSSR count). The third-order valence-corrected chi connectivity index (χ3v) is 6.67. The summed E-state index contributed by atoms with van der Waals surface area (Å²) in [5.41, 5.74) is 13.4. The van der Waals surface area contributed by atoms with Gasteiger partial charge in [-0.1, -0.05) is 105 Å². The molecule has 0 heterocycles. The van der Waals surface area contributed by atoms with E-state index in [0.717, 1.165) is 0 Å². The number of alkyl halides is 2. The first-order valence-corrected chi connectivity index (χ1v) is 12.8. The first-order valence-electron chi connectivity index (χ1n) is 12.8. The number of carbonyl (C=O) groups is 3. The van der Waals surface area contributed by atoms with Crippen molar-refractivity contribution in [3.05, 3.63) is 108 Å². The van der Waals surface area contributed by atoms with E-state index in [4.69, 9.17) is 16.2 Å².